The van der Waals surface area contributed by atoms with Crippen LogP contribution in [0.3, 0.4) is 0 Å². The summed E-state index contributed by atoms with van der Waals surface area (Å²) in [6, 6.07) is 8.00. The van der Waals surface area contributed by atoms with Gasteiger partial charge < -0.3 is 9.84 Å². The van der Waals surface area contributed by atoms with Gasteiger partial charge in [0, 0.05) is 0 Å². The number of aryl methyl sites for hydroxylation is 1. The third kappa shape index (κ3) is 2.72. The third-order valence-corrected chi connectivity index (χ3v) is 2.98. The maximum Gasteiger partial charge on any atom is 0.124 e. The summed E-state index contributed by atoms with van der Waals surface area (Å²) >= 11 is 0. The average molecular weight is 206 g/mol. The molecular weight excluding hydrogens is 188 g/mol. The molecule has 1 aliphatic carbocycles. The number of benzene rings is 1. The molecule has 1 aromatic carbocycles. The SMILES string of the molecule is Cc1ccc(O[C@@H]2CCCC[C@@H]2O)cc1. The topological polar surface area (TPSA) is 29.5 Å². The van der Waals surface area contributed by atoms with E-state index in [1.165, 1.54) is 5.56 Å². The molecule has 2 rings (SSSR count). The van der Waals surface area contributed by atoms with Gasteiger partial charge in [-0.2, -0.15) is 0 Å². The number of hydrogen-bond acceptors (Lipinski definition) is 2. The van der Waals surface area contributed by atoms with Crippen molar-refractivity contribution in [3.63, 3.8) is 0 Å². The van der Waals surface area contributed by atoms with E-state index in [0.717, 1.165) is 31.4 Å². The van der Waals surface area contributed by atoms with Crippen LogP contribution in [0.1, 0.15) is 31.2 Å². The maximum atomic E-state index is 9.76. The van der Waals surface area contributed by atoms with Crippen molar-refractivity contribution in [3.8, 4) is 5.75 Å². The van der Waals surface area contributed by atoms with Gasteiger partial charge >= 0.3 is 0 Å². The molecule has 82 valence electrons. The molecule has 0 aliphatic heterocycles. The van der Waals surface area contributed by atoms with Crippen molar-refractivity contribution in [3.05, 3.63) is 29.8 Å². The first-order valence-electron chi connectivity index (χ1n) is 5.67. The Kier molecular flexibility index (Phi) is 3.27. The van der Waals surface area contributed by atoms with Crippen LogP contribution in [0.5, 0.6) is 5.75 Å². The van der Waals surface area contributed by atoms with E-state index in [1.54, 1.807) is 0 Å². The molecule has 15 heavy (non-hydrogen) atoms. The fraction of sp³-hybridized carbons (Fsp3) is 0.538. The largest absolute Gasteiger partial charge is 0.488 e. The van der Waals surface area contributed by atoms with Gasteiger partial charge in [-0.05, 0) is 38.3 Å². The Labute approximate surface area is 90.9 Å². The van der Waals surface area contributed by atoms with E-state index in [0.29, 0.717) is 0 Å². The zero-order chi connectivity index (χ0) is 10.7. The zero-order valence-electron chi connectivity index (χ0n) is 9.15. The summed E-state index contributed by atoms with van der Waals surface area (Å²) in [7, 11) is 0. The van der Waals surface area contributed by atoms with Crippen LogP contribution in [0, 0.1) is 6.92 Å². The second-order valence-electron chi connectivity index (χ2n) is 4.32. The van der Waals surface area contributed by atoms with Crippen molar-refractivity contribution in [2.45, 2.75) is 44.8 Å². The normalized spacial score (nSPS) is 26.3. The molecule has 1 saturated carbocycles. The fourth-order valence-electron chi connectivity index (χ4n) is 2.01. The van der Waals surface area contributed by atoms with Crippen LogP contribution in [-0.2, 0) is 0 Å². The predicted molar refractivity (Wildman–Crippen MR) is 60.1 cm³/mol. The van der Waals surface area contributed by atoms with Crippen molar-refractivity contribution in [2.24, 2.45) is 0 Å². The third-order valence-electron chi connectivity index (χ3n) is 2.98. The van der Waals surface area contributed by atoms with Gasteiger partial charge in [-0.15, -0.1) is 0 Å². The van der Waals surface area contributed by atoms with Gasteiger partial charge in [-0.1, -0.05) is 24.1 Å². The summed E-state index contributed by atoms with van der Waals surface area (Å²) in [5.41, 5.74) is 1.23. The highest BCUT2D eigenvalue weighted by Gasteiger charge is 2.24. The lowest BCUT2D eigenvalue weighted by molar-refractivity contribution is 0.00687. The number of rotatable bonds is 2. The van der Waals surface area contributed by atoms with Crippen molar-refractivity contribution >= 4 is 0 Å². The van der Waals surface area contributed by atoms with Crippen molar-refractivity contribution in [1.82, 2.24) is 0 Å². The Balaban J connectivity index is 1.98. The van der Waals surface area contributed by atoms with Crippen LogP contribution in [0.4, 0.5) is 0 Å². The molecule has 0 radical (unpaired) electrons. The molecule has 0 bridgehead atoms. The first-order valence-corrected chi connectivity index (χ1v) is 5.67. The number of ether oxygens (including phenoxy) is 1. The highest BCUT2D eigenvalue weighted by Crippen LogP contribution is 2.23. The Morgan fingerprint density at radius 2 is 1.80 bits per heavy atom. The Morgan fingerprint density at radius 1 is 1.13 bits per heavy atom. The van der Waals surface area contributed by atoms with Gasteiger partial charge in [-0.25, -0.2) is 0 Å². The molecule has 0 aromatic heterocycles. The molecule has 2 atom stereocenters. The molecular formula is C13H18O2. The van der Waals surface area contributed by atoms with Gasteiger partial charge in [0.1, 0.15) is 11.9 Å². The molecule has 2 heteroatoms. The summed E-state index contributed by atoms with van der Waals surface area (Å²) in [6.45, 7) is 2.05. The lowest BCUT2D eigenvalue weighted by Crippen LogP contribution is -2.34. The standard InChI is InChI=1S/C13H18O2/c1-10-6-8-11(9-7-10)15-13-5-3-2-4-12(13)14/h6-9,12-14H,2-5H2,1H3/t12-,13+/m0/s1. The summed E-state index contributed by atoms with van der Waals surface area (Å²) in [5.74, 6) is 0.867. The van der Waals surface area contributed by atoms with E-state index in [9.17, 15) is 5.11 Å². The summed E-state index contributed by atoms with van der Waals surface area (Å²) in [4.78, 5) is 0. The average Bonchev–Trinajstić information content (AvgIpc) is 2.25. The van der Waals surface area contributed by atoms with Crippen LogP contribution in [0.2, 0.25) is 0 Å². The smallest absolute Gasteiger partial charge is 0.124 e. The first-order chi connectivity index (χ1) is 7.25. The van der Waals surface area contributed by atoms with E-state index in [4.69, 9.17) is 4.74 Å². The van der Waals surface area contributed by atoms with E-state index >= 15 is 0 Å². The Morgan fingerprint density at radius 3 is 2.47 bits per heavy atom. The molecule has 0 amide bonds. The van der Waals surface area contributed by atoms with Crippen LogP contribution in [0.25, 0.3) is 0 Å². The van der Waals surface area contributed by atoms with Gasteiger partial charge in [-0.3, -0.25) is 0 Å². The Bertz CT molecular complexity index is 305. The van der Waals surface area contributed by atoms with Crippen LogP contribution < -0.4 is 4.74 Å². The van der Waals surface area contributed by atoms with Gasteiger partial charge in [0.15, 0.2) is 0 Å². The van der Waals surface area contributed by atoms with Gasteiger partial charge in [0.05, 0.1) is 6.10 Å². The van der Waals surface area contributed by atoms with Gasteiger partial charge in [0.2, 0.25) is 0 Å². The maximum absolute atomic E-state index is 9.76. The molecule has 0 heterocycles. The molecule has 1 aromatic rings. The van der Waals surface area contributed by atoms with E-state index in [-0.39, 0.29) is 12.2 Å². The summed E-state index contributed by atoms with van der Waals surface area (Å²) in [6.07, 6.45) is 3.81. The molecule has 1 fully saturated rings. The second-order valence-corrected chi connectivity index (χ2v) is 4.32. The Hall–Kier alpha value is -1.02. The predicted octanol–water partition coefficient (Wildman–Crippen LogP) is 2.68. The minimum Gasteiger partial charge on any atom is -0.488 e. The minimum atomic E-state index is -0.292. The monoisotopic (exact) mass is 206 g/mol. The molecule has 1 aliphatic rings. The van der Waals surface area contributed by atoms with Crippen molar-refractivity contribution in [2.75, 3.05) is 0 Å². The number of hydrogen-bond donors (Lipinski definition) is 1. The quantitative estimate of drug-likeness (QED) is 0.806. The second kappa shape index (κ2) is 4.67. The zero-order valence-corrected chi connectivity index (χ0v) is 9.15. The van der Waals surface area contributed by atoms with Crippen LogP contribution in [0.15, 0.2) is 24.3 Å². The summed E-state index contributed by atoms with van der Waals surface area (Å²) in [5, 5.41) is 9.76. The lowest BCUT2D eigenvalue weighted by atomic mass is 9.95. The molecule has 0 spiro atoms. The van der Waals surface area contributed by atoms with Crippen LogP contribution >= 0.6 is 0 Å². The highest BCUT2D eigenvalue weighted by atomic mass is 16.5. The summed E-state index contributed by atoms with van der Waals surface area (Å²) < 4.78 is 5.77. The van der Waals surface area contributed by atoms with E-state index < -0.39 is 0 Å². The van der Waals surface area contributed by atoms with E-state index in [1.807, 2.05) is 24.3 Å². The molecule has 2 nitrogen and oxygen atoms in total. The van der Waals surface area contributed by atoms with Crippen molar-refractivity contribution < 1.29 is 9.84 Å². The lowest BCUT2D eigenvalue weighted by Gasteiger charge is -2.28. The highest BCUT2D eigenvalue weighted by molar-refractivity contribution is 5.26. The fourth-order valence-corrected chi connectivity index (χ4v) is 2.01. The molecule has 1 N–H and O–H groups in total. The van der Waals surface area contributed by atoms with Crippen LogP contribution in [-0.4, -0.2) is 17.3 Å². The number of aliphatic hydroxyl groups is 1. The van der Waals surface area contributed by atoms with Gasteiger partial charge in [0.25, 0.3) is 0 Å². The first kappa shape index (κ1) is 10.5. The van der Waals surface area contributed by atoms with Crippen molar-refractivity contribution in [1.29, 1.82) is 0 Å². The van der Waals surface area contributed by atoms with E-state index in [2.05, 4.69) is 6.92 Å². The minimum absolute atomic E-state index is 0.0125. The number of aliphatic hydroxyl groups excluding tert-OH is 1. The molecule has 0 unspecified atom stereocenters. The molecule has 0 saturated heterocycles.